The van der Waals surface area contributed by atoms with Crippen LogP contribution in [0.15, 0.2) is 219 Å². The highest BCUT2D eigenvalue weighted by atomic mass is 16.5. The number of fused-ring (bicyclic) bond motifs is 7. The van der Waals surface area contributed by atoms with Crippen molar-refractivity contribution < 1.29 is 4.74 Å². The van der Waals surface area contributed by atoms with Gasteiger partial charge in [0.1, 0.15) is 29.8 Å². The first-order valence-corrected chi connectivity index (χ1v) is 27.0. The van der Waals surface area contributed by atoms with Crippen molar-refractivity contribution in [2.24, 2.45) is 0 Å². The quantitative estimate of drug-likeness (QED) is 0.144. The zero-order chi connectivity index (χ0) is 51.8. The van der Waals surface area contributed by atoms with Crippen molar-refractivity contribution in [3.8, 4) is 61.8 Å². The Labute approximate surface area is 449 Å². The number of imidazole rings is 1. The van der Waals surface area contributed by atoms with Crippen LogP contribution in [0, 0.1) is 6.92 Å². The molecular formula is C70H58N6O. The first-order chi connectivity index (χ1) is 37.7. The lowest BCUT2D eigenvalue weighted by Gasteiger charge is -2.25. The molecule has 7 heteroatoms. The topological polar surface area (TPSA) is 51.4 Å². The summed E-state index contributed by atoms with van der Waals surface area (Å²) in [4.78, 5) is 15.4. The van der Waals surface area contributed by atoms with Crippen LogP contribution in [-0.2, 0) is 18.4 Å². The minimum absolute atomic E-state index is 0.0103. The van der Waals surface area contributed by atoms with Gasteiger partial charge in [-0.15, -0.1) is 0 Å². The third-order valence-corrected chi connectivity index (χ3v) is 15.9. The molecule has 0 N–H and O–H groups in total. The minimum atomic E-state index is -0.0103. The SMILES string of the molecule is Cc1cc(-n2c3ccc(C(C)(C)C)cc3c3ccc(Oc4cccc(N5CN(c6ccc(-c7ccccc7)cc6-c6cccc(-c7ccccc7)c6)c6cc7c(cc65)nc5n7CCCC5)c4)cc32)ncc1-c1ccccc1. The lowest BCUT2D eigenvalue weighted by Crippen LogP contribution is -2.24. The maximum absolute atomic E-state index is 6.97. The van der Waals surface area contributed by atoms with Crippen molar-refractivity contribution in [1.82, 2.24) is 19.1 Å². The Hall–Kier alpha value is -9.20. The van der Waals surface area contributed by atoms with E-state index < -0.39 is 0 Å². The van der Waals surface area contributed by atoms with Crippen molar-refractivity contribution in [2.75, 3.05) is 16.5 Å². The average Bonchev–Trinajstić information content (AvgIpc) is 4.16. The number of aromatic nitrogens is 4. The standard InChI is InChI=1S/C70H58N6O/c1-46-36-69(71-44-60(46)49-22-12-7-13-23-49)76-63-34-30-53(70(2,3)4)39-59(63)57-32-31-56(41-64(57)76)77-55-27-17-26-54(40-55)74-45-75(67-43-65-61(42-66(67)74)72-68-28-14-15-35-73(65)68)62-33-29-51(48-20-10-6-11-21-48)38-58(62)52-25-16-24-50(37-52)47-18-8-5-9-19-47/h5-13,16-27,29-34,36-44H,14-15,28,35,45H2,1-4H3. The van der Waals surface area contributed by atoms with Gasteiger partial charge in [-0.05, 0) is 142 Å². The van der Waals surface area contributed by atoms with Gasteiger partial charge in [0.25, 0.3) is 0 Å². The van der Waals surface area contributed by atoms with Crippen molar-refractivity contribution in [1.29, 1.82) is 0 Å². The van der Waals surface area contributed by atoms with Gasteiger partial charge in [0.2, 0.25) is 0 Å². The van der Waals surface area contributed by atoms with E-state index in [1.165, 1.54) is 62.1 Å². The van der Waals surface area contributed by atoms with E-state index in [9.17, 15) is 0 Å². The van der Waals surface area contributed by atoms with Crippen LogP contribution in [0.1, 0.15) is 50.6 Å². The van der Waals surface area contributed by atoms with Gasteiger partial charge in [-0.3, -0.25) is 4.57 Å². The normalized spacial score (nSPS) is 13.4. The maximum atomic E-state index is 6.97. The third kappa shape index (κ3) is 8.30. The fourth-order valence-electron chi connectivity index (χ4n) is 11.9. The number of hydrogen-bond donors (Lipinski definition) is 0. The molecule has 0 radical (unpaired) electrons. The molecule has 77 heavy (non-hydrogen) atoms. The fourth-order valence-corrected chi connectivity index (χ4v) is 11.9. The van der Waals surface area contributed by atoms with E-state index in [1.54, 1.807) is 0 Å². The van der Waals surface area contributed by atoms with Crippen molar-refractivity contribution in [3.63, 3.8) is 0 Å². The van der Waals surface area contributed by atoms with Crippen LogP contribution in [0.3, 0.4) is 0 Å². The van der Waals surface area contributed by atoms with Crippen molar-refractivity contribution in [3.05, 3.63) is 235 Å². The molecule has 2 aliphatic heterocycles. The highest BCUT2D eigenvalue weighted by molar-refractivity contribution is 6.10. The Morgan fingerprint density at radius 1 is 0.481 bits per heavy atom. The van der Waals surface area contributed by atoms with E-state index in [0.717, 1.165) is 98.1 Å². The van der Waals surface area contributed by atoms with Crippen LogP contribution >= 0.6 is 0 Å². The number of rotatable bonds is 9. The molecule has 0 spiro atoms. The second-order valence-corrected chi connectivity index (χ2v) is 21.8. The van der Waals surface area contributed by atoms with E-state index in [4.69, 9.17) is 14.7 Å². The van der Waals surface area contributed by atoms with Gasteiger partial charge in [0, 0.05) is 58.9 Å². The molecule has 0 bridgehead atoms. The predicted molar refractivity (Wildman–Crippen MR) is 319 cm³/mol. The molecule has 0 amide bonds. The average molecular weight is 999 g/mol. The van der Waals surface area contributed by atoms with Gasteiger partial charge in [0.05, 0.1) is 39.1 Å². The first kappa shape index (κ1) is 46.3. The van der Waals surface area contributed by atoms with E-state index in [0.29, 0.717) is 6.67 Å². The lowest BCUT2D eigenvalue weighted by atomic mass is 9.86. The number of anilines is 4. The first-order valence-electron chi connectivity index (χ1n) is 27.0. The largest absolute Gasteiger partial charge is 0.457 e. The molecule has 0 fully saturated rings. The van der Waals surface area contributed by atoms with Crippen LogP contribution in [0.5, 0.6) is 11.5 Å². The Morgan fingerprint density at radius 2 is 1.18 bits per heavy atom. The van der Waals surface area contributed by atoms with Crippen LogP contribution in [0.4, 0.5) is 22.7 Å². The fraction of sp³-hybridized carbons (Fsp3) is 0.143. The van der Waals surface area contributed by atoms with E-state index in [1.807, 2.05) is 6.20 Å². The Balaban J connectivity index is 0.872. The second kappa shape index (κ2) is 18.6. The van der Waals surface area contributed by atoms with Gasteiger partial charge < -0.3 is 19.1 Å². The third-order valence-electron chi connectivity index (χ3n) is 15.9. The lowest BCUT2D eigenvalue weighted by molar-refractivity contribution is 0.483. The Kier molecular flexibility index (Phi) is 11.2. The molecule has 14 rings (SSSR count). The van der Waals surface area contributed by atoms with Crippen molar-refractivity contribution >= 4 is 55.6 Å². The molecule has 9 aromatic carbocycles. The zero-order valence-electron chi connectivity index (χ0n) is 43.9. The number of benzene rings is 9. The summed E-state index contributed by atoms with van der Waals surface area (Å²) in [6, 6.07) is 76.7. The number of aryl methyl sites for hydroxylation is 3. The molecule has 0 aliphatic carbocycles. The summed E-state index contributed by atoms with van der Waals surface area (Å²) in [7, 11) is 0. The minimum Gasteiger partial charge on any atom is -0.457 e. The molecule has 0 saturated carbocycles. The Bertz CT molecular complexity index is 4230. The highest BCUT2D eigenvalue weighted by Gasteiger charge is 2.32. The molecule has 0 atom stereocenters. The van der Waals surface area contributed by atoms with Crippen LogP contribution in [0.2, 0.25) is 0 Å². The summed E-state index contributed by atoms with van der Waals surface area (Å²) in [6.07, 6.45) is 5.34. The molecule has 3 aromatic heterocycles. The van der Waals surface area contributed by atoms with Gasteiger partial charge in [-0.1, -0.05) is 148 Å². The van der Waals surface area contributed by atoms with Gasteiger partial charge >= 0.3 is 0 Å². The number of nitrogens with zero attached hydrogens (tertiary/aromatic N) is 6. The van der Waals surface area contributed by atoms with Gasteiger partial charge in [-0.25, -0.2) is 9.97 Å². The summed E-state index contributed by atoms with van der Waals surface area (Å²) >= 11 is 0. The second-order valence-electron chi connectivity index (χ2n) is 21.8. The zero-order valence-corrected chi connectivity index (χ0v) is 43.9. The summed E-state index contributed by atoms with van der Waals surface area (Å²) < 4.78 is 11.7. The molecule has 0 unspecified atom stereocenters. The molecular weight excluding hydrogens is 941 g/mol. The summed E-state index contributed by atoms with van der Waals surface area (Å²) in [6.45, 7) is 10.6. The van der Waals surface area contributed by atoms with Crippen LogP contribution in [0.25, 0.3) is 83.2 Å². The molecule has 2 aliphatic rings. The number of hydrogen-bond acceptors (Lipinski definition) is 5. The molecule has 12 aromatic rings. The van der Waals surface area contributed by atoms with Gasteiger partial charge in [0.15, 0.2) is 0 Å². The summed E-state index contributed by atoms with van der Waals surface area (Å²) in [5.74, 6) is 3.55. The summed E-state index contributed by atoms with van der Waals surface area (Å²) in [5, 5.41) is 2.35. The molecule has 0 saturated heterocycles. The monoisotopic (exact) mass is 998 g/mol. The molecule has 5 heterocycles. The van der Waals surface area contributed by atoms with Crippen LogP contribution in [-0.4, -0.2) is 25.8 Å². The van der Waals surface area contributed by atoms with E-state index in [-0.39, 0.29) is 5.41 Å². The van der Waals surface area contributed by atoms with Crippen LogP contribution < -0.4 is 14.5 Å². The van der Waals surface area contributed by atoms with E-state index in [2.05, 4.69) is 259 Å². The Morgan fingerprint density at radius 3 is 1.95 bits per heavy atom. The number of pyridine rings is 1. The molecule has 7 nitrogen and oxygen atoms in total. The van der Waals surface area contributed by atoms with E-state index >= 15 is 0 Å². The highest BCUT2D eigenvalue weighted by Crippen LogP contribution is 2.50. The van der Waals surface area contributed by atoms with Crippen molar-refractivity contribution in [2.45, 2.75) is 58.9 Å². The smallest absolute Gasteiger partial charge is 0.137 e. The number of ether oxygens (including phenoxy) is 1. The predicted octanol–water partition coefficient (Wildman–Crippen LogP) is 18.2. The van der Waals surface area contributed by atoms with Gasteiger partial charge in [-0.2, -0.15) is 0 Å². The summed E-state index contributed by atoms with van der Waals surface area (Å²) in [5.41, 5.74) is 20.6. The maximum Gasteiger partial charge on any atom is 0.137 e. The molecule has 374 valence electrons.